The van der Waals surface area contributed by atoms with Gasteiger partial charge >= 0.3 is 5.97 Å². The molecule has 0 aliphatic carbocycles. The molecular formula is C21H19N3O3. The van der Waals surface area contributed by atoms with Crippen LogP contribution in [0.1, 0.15) is 31.8 Å². The van der Waals surface area contributed by atoms with Crippen molar-refractivity contribution >= 4 is 23.3 Å². The van der Waals surface area contributed by atoms with Crippen LogP contribution in [0.15, 0.2) is 54.7 Å². The second kappa shape index (κ2) is 7.29. The predicted octanol–water partition coefficient (Wildman–Crippen LogP) is 3.91. The number of primary amides is 1. The van der Waals surface area contributed by atoms with E-state index in [4.69, 9.17) is 5.73 Å². The van der Waals surface area contributed by atoms with E-state index in [1.807, 2.05) is 26.0 Å². The minimum atomic E-state index is -0.989. The van der Waals surface area contributed by atoms with Crippen molar-refractivity contribution in [3.05, 3.63) is 77.0 Å². The largest absolute Gasteiger partial charge is 0.478 e. The van der Waals surface area contributed by atoms with Crippen LogP contribution in [-0.2, 0) is 0 Å². The Morgan fingerprint density at radius 2 is 1.74 bits per heavy atom. The molecule has 0 fully saturated rings. The third kappa shape index (κ3) is 3.95. The van der Waals surface area contributed by atoms with Gasteiger partial charge in [0.2, 0.25) is 5.91 Å². The summed E-state index contributed by atoms with van der Waals surface area (Å²) in [7, 11) is 0. The highest BCUT2D eigenvalue weighted by Crippen LogP contribution is 2.27. The fourth-order valence-electron chi connectivity index (χ4n) is 2.84. The lowest BCUT2D eigenvalue weighted by molar-refractivity contribution is 0.0697. The number of carbonyl (C=O) groups is 2. The molecule has 0 saturated heterocycles. The number of aromatic carboxylic acids is 1. The minimum absolute atomic E-state index is 0.207. The van der Waals surface area contributed by atoms with Gasteiger partial charge in [0.05, 0.1) is 28.8 Å². The SMILES string of the molecule is Cc1ccc(Nc2cnc(-c3ccc(C(N)=O)cc3)c(C)c2)c(C(=O)O)c1. The maximum absolute atomic E-state index is 11.5. The van der Waals surface area contributed by atoms with Gasteiger partial charge < -0.3 is 16.2 Å². The summed E-state index contributed by atoms with van der Waals surface area (Å²) < 4.78 is 0. The monoisotopic (exact) mass is 361 g/mol. The lowest BCUT2D eigenvalue weighted by Crippen LogP contribution is -2.10. The number of nitrogens with one attached hydrogen (secondary N) is 1. The number of carboxylic acids is 1. The molecule has 0 bridgehead atoms. The molecule has 3 rings (SSSR count). The van der Waals surface area contributed by atoms with Crippen molar-refractivity contribution in [2.45, 2.75) is 13.8 Å². The Kier molecular flexibility index (Phi) is 4.90. The normalized spacial score (nSPS) is 10.4. The highest BCUT2D eigenvalue weighted by Gasteiger charge is 2.12. The molecule has 0 aliphatic heterocycles. The van der Waals surface area contributed by atoms with Crippen molar-refractivity contribution in [2.75, 3.05) is 5.32 Å². The standard InChI is InChI=1S/C21H19N3O3/c1-12-3-8-18(17(9-12)21(26)27)24-16-10-13(2)19(23-11-16)14-4-6-15(7-5-14)20(22)25/h3-11,24H,1-2H3,(H2,22,25)(H,26,27). The molecule has 0 radical (unpaired) electrons. The van der Waals surface area contributed by atoms with Crippen LogP contribution >= 0.6 is 0 Å². The van der Waals surface area contributed by atoms with E-state index >= 15 is 0 Å². The number of pyridine rings is 1. The van der Waals surface area contributed by atoms with E-state index in [1.54, 1.807) is 42.6 Å². The van der Waals surface area contributed by atoms with E-state index in [2.05, 4.69) is 10.3 Å². The molecule has 6 nitrogen and oxygen atoms in total. The summed E-state index contributed by atoms with van der Waals surface area (Å²) in [5.74, 6) is -1.46. The number of amides is 1. The van der Waals surface area contributed by atoms with Crippen LogP contribution < -0.4 is 11.1 Å². The number of anilines is 2. The maximum atomic E-state index is 11.5. The molecule has 1 amide bonds. The van der Waals surface area contributed by atoms with Crippen molar-refractivity contribution < 1.29 is 14.7 Å². The zero-order chi connectivity index (χ0) is 19.6. The number of carboxylic acid groups (broad SMARTS) is 1. The number of hydrogen-bond donors (Lipinski definition) is 3. The molecule has 0 atom stereocenters. The second-order valence-electron chi connectivity index (χ2n) is 6.31. The third-order valence-electron chi connectivity index (χ3n) is 4.21. The quantitative estimate of drug-likeness (QED) is 0.639. The number of carbonyl (C=O) groups excluding carboxylic acids is 1. The average molecular weight is 361 g/mol. The average Bonchev–Trinajstić information content (AvgIpc) is 2.63. The van der Waals surface area contributed by atoms with Gasteiger partial charge in [0.1, 0.15) is 0 Å². The van der Waals surface area contributed by atoms with E-state index in [-0.39, 0.29) is 5.56 Å². The second-order valence-corrected chi connectivity index (χ2v) is 6.31. The van der Waals surface area contributed by atoms with E-state index in [0.29, 0.717) is 16.9 Å². The van der Waals surface area contributed by atoms with Crippen molar-refractivity contribution in [3.63, 3.8) is 0 Å². The summed E-state index contributed by atoms with van der Waals surface area (Å²) in [6.07, 6.45) is 1.65. The molecule has 4 N–H and O–H groups in total. The first kappa shape index (κ1) is 18.1. The number of aromatic nitrogens is 1. The number of nitrogens with zero attached hydrogens (tertiary/aromatic N) is 1. The molecule has 1 heterocycles. The van der Waals surface area contributed by atoms with Gasteiger partial charge in [0.25, 0.3) is 0 Å². The number of nitrogens with two attached hydrogens (primary N) is 1. The minimum Gasteiger partial charge on any atom is -0.478 e. The Balaban J connectivity index is 1.89. The van der Waals surface area contributed by atoms with Crippen molar-refractivity contribution in [3.8, 4) is 11.3 Å². The molecule has 0 unspecified atom stereocenters. The lowest BCUT2D eigenvalue weighted by Gasteiger charge is -2.12. The molecule has 136 valence electrons. The maximum Gasteiger partial charge on any atom is 0.337 e. The summed E-state index contributed by atoms with van der Waals surface area (Å²) in [6, 6.07) is 14.0. The van der Waals surface area contributed by atoms with Crippen LogP contribution in [0.25, 0.3) is 11.3 Å². The Hall–Kier alpha value is -3.67. The molecule has 3 aromatic rings. The van der Waals surface area contributed by atoms with Gasteiger partial charge in [-0.1, -0.05) is 23.8 Å². The van der Waals surface area contributed by atoms with Crippen LogP contribution in [0.5, 0.6) is 0 Å². The molecular weight excluding hydrogens is 342 g/mol. The van der Waals surface area contributed by atoms with Crippen molar-refractivity contribution in [1.82, 2.24) is 4.98 Å². The molecule has 0 saturated carbocycles. The van der Waals surface area contributed by atoms with Crippen LogP contribution in [-0.4, -0.2) is 22.0 Å². The van der Waals surface area contributed by atoms with E-state index in [9.17, 15) is 14.7 Å². The highest BCUT2D eigenvalue weighted by molar-refractivity contribution is 5.95. The summed E-state index contributed by atoms with van der Waals surface area (Å²) in [4.78, 5) is 27.1. The fraction of sp³-hybridized carbons (Fsp3) is 0.0952. The van der Waals surface area contributed by atoms with Crippen LogP contribution in [0, 0.1) is 13.8 Å². The first-order chi connectivity index (χ1) is 12.8. The van der Waals surface area contributed by atoms with Crippen LogP contribution in [0.4, 0.5) is 11.4 Å². The molecule has 6 heteroatoms. The van der Waals surface area contributed by atoms with Gasteiger partial charge in [-0.3, -0.25) is 9.78 Å². The molecule has 0 aliphatic rings. The Labute approximate surface area is 156 Å². The van der Waals surface area contributed by atoms with Crippen LogP contribution in [0.3, 0.4) is 0 Å². The Bertz CT molecular complexity index is 1030. The van der Waals surface area contributed by atoms with Gasteiger partial charge in [-0.2, -0.15) is 0 Å². The van der Waals surface area contributed by atoms with E-state index in [1.165, 1.54) is 0 Å². The van der Waals surface area contributed by atoms with Crippen LogP contribution in [0.2, 0.25) is 0 Å². The number of hydrogen-bond acceptors (Lipinski definition) is 4. The van der Waals surface area contributed by atoms with Crippen molar-refractivity contribution in [1.29, 1.82) is 0 Å². The Morgan fingerprint density at radius 3 is 2.33 bits per heavy atom. The lowest BCUT2D eigenvalue weighted by atomic mass is 10.0. The van der Waals surface area contributed by atoms with Gasteiger partial charge in [0, 0.05) is 11.1 Å². The summed E-state index contributed by atoms with van der Waals surface area (Å²) in [5.41, 5.74) is 10.5. The summed E-state index contributed by atoms with van der Waals surface area (Å²) in [5, 5.41) is 12.5. The topological polar surface area (TPSA) is 105 Å². The zero-order valence-electron chi connectivity index (χ0n) is 15.0. The highest BCUT2D eigenvalue weighted by atomic mass is 16.4. The molecule has 0 spiro atoms. The first-order valence-corrected chi connectivity index (χ1v) is 8.33. The summed E-state index contributed by atoms with van der Waals surface area (Å²) >= 11 is 0. The third-order valence-corrected chi connectivity index (χ3v) is 4.21. The van der Waals surface area contributed by atoms with Crippen molar-refractivity contribution in [2.24, 2.45) is 5.73 Å². The number of aryl methyl sites for hydroxylation is 2. The molecule has 27 heavy (non-hydrogen) atoms. The van der Waals surface area contributed by atoms with Gasteiger partial charge in [-0.05, 0) is 49.7 Å². The van der Waals surface area contributed by atoms with Gasteiger partial charge in [0.15, 0.2) is 0 Å². The summed E-state index contributed by atoms with van der Waals surface area (Å²) in [6.45, 7) is 3.77. The smallest absolute Gasteiger partial charge is 0.337 e. The van der Waals surface area contributed by atoms with Gasteiger partial charge in [-0.25, -0.2) is 4.79 Å². The van der Waals surface area contributed by atoms with E-state index < -0.39 is 11.9 Å². The fourth-order valence-corrected chi connectivity index (χ4v) is 2.84. The van der Waals surface area contributed by atoms with Gasteiger partial charge in [-0.15, -0.1) is 0 Å². The van der Waals surface area contributed by atoms with E-state index in [0.717, 1.165) is 22.4 Å². The molecule has 2 aromatic carbocycles. The first-order valence-electron chi connectivity index (χ1n) is 8.33. The molecule has 1 aromatic heterocycles. The Morgan fingerprint density at radius 1 is 1.04 bits per heavy atom. The number of benzene rings is 2. The zero-order valence-corrected chi connectivity index (χ0v) is 15.0. The predicted molar refractivity (Wildman–Crippen MR) is 104 cm³/mol. The number of rotatable bonds is 5.